The number of nitrogens with zero attached hydrogens (tertiary/aromatic N) is 4. The van der Waals surface area contributed by atoms with Crippen LogP contribution in [0.15, 0.2) is 59.4 Å². The molecule has 0 saturated heterocycles. The number of nitrogens with two attached hydrogens (primary N) is 2. The number of aromatic nitrogens is 3. The number of nitrogens with one attached hydrogen (secondary N) is 1. The summed E-state index contributed by atoms with van der Waals surface area (Å²) in [5.41, 5.74) is 16.6. The SMILES string of the molecule is Cc1c(NC(=O)c2sc3nc(N)c(C#N)c(-c4ccc(C(C)C)cc4)c3c2N)c(=O)n(-c2ccccc2)n1C. The number of para-hydroxylation sites is 1. The Kier molecular flexibility index (Phi) is 6.46. The minimum absolute atomic E-state index is 0.0609. The Hall–Kier alpha value is -4.88. The lowest BCUT2D eigenvalue weighted by atomic mass is 9.94. The number of nitrogen functional groups attached to an aromatic ring is 2. The van der Waals surface area contributed by atoms with E-state index in [1.165, 1.54) is 4.68 Å². The molecule has 0 fully saturated rings. The third-order valence-corrected chi connectivity index (χ3v) is 7.98. The van der Waals surface area contributed by atoms with Crippen LogP contribution in [0.1, 0.15) is 46.3 Å². The highest BCUT2D eigenvalue weighted by Gasteiger charge is 2.26. The molecule has 2 aromatic carbocycles. The molecule has 1 amide bonds. The molecule has 196 valence electrons. The van der Waals surface area contributed by atoms with Gasteiger partial charge in [-0.25, -0.2) is 9.67 Å². The Morgan fingerprint density at radius 2 is 1.77 bits per heavy atom. The molecule has 0 unspecified atom stereocenters. The molecule has 5 N–H and O–H groups in total. The lowest BCUT2D eigenvalue weighted by Crippen LogP contribution is -2.22. The maximum Gasteiger partial charge on any atom is 0.295 e. The second-order valence-corrected chi connectivity index (χ2v) is 10.6. The van der Waals surface area contributed by atoms with E-state index in [4.69, 9.17) is 11.5 Å². The number of carbonyl (C=O) groups excluding carboxylic acids is 1. The van der Waals surface area contributed by atoms with Crippen molar-refractivity contribution in [3.05, 3.63) is 86.6 Å². The highest BCUT2D eigenvalue weighted by Crippen LogP contribution is 2.43. The summed E-state index contributed by atoms with van der Waals surface area (Å²) >= 11 is 1.07. The molecule has 0 bridgehead atoms. The number of pyridine rings is 1. The number of benzene rings is 2. The summed E-state index contributed by atoms with van der Waals surface area (Å²) in [6.45, 7) is 5.96. The Bertz CT molecular complexity index is 1840. The van der Waals surface area contributed by atoms with E-state index in [9.17, 15) is 14.9 Å². The molecule has 5 aromatic rings. The number of carbonyl (C=O) groups is 1. The van der Waals surface area contributed by atoms with Crippen LogP contribution in [0.4, 0.5) is 17.2 Å². The Morgan fingerprint density at radius 3 is 2.38 bits per heavy atom. The van der Waals surface area contributed by atoms with Gasteiger partial charge in [0.05, 0.1) is 17.1 Å². The van der Waals surface area contributed by atoms with E-state index >= 15 is 0 Å². The highest BCUT2D eigenvalue weighted by molar-refractivity contribution is 7.21. The van der Waals surface area contributed by atoms with Crippen LogP contribution >= 0.6 is 11.3 Å². The number of anilines is 3. The monoisotopic (exact) mass is 537 g/mol. The Balaban J connectivity index is 1.62. The number of amides is 1. The zero-order valence-corrected chi connectivity index (χ0v) is 22.8. The molecule has 0 spiro atoms. The summed E-state index contributed by atoms with van der Waals surface area (Å²) in [4.78, 5) is 31.8. The lowest BCUT2D eigenvalue weighted by molar-refractivity contribution is 0.103. The van der Waals surface area contributed by atoms with Gasteiger partial charge >= 0.3 is 0 Å². The van der Waals surface area contributed by atoms with E-state index in [-0.39, 0.29) is 33.2 Å². The number of rotatable bonds is 5. The van der Waals surface area contributed by atoms with E-state index in [0.717, 1.165) is 22.5 Å². The Labute approximate surface area is 228 Å². The molecular formula is C29H27N7O2S. The second-order valence-electron chi connectivity index (χ2n) is 9.55. The maximum absolute atomic E-state index is 13.5. The van der Waals surface area contributed by atoms with E-state index in [1.807, 2.05) is 54.6 Å². The van der Waals surface area contributed by atoms with Gasteiger partial charge in [0.15, 0.2) is 0 Å². The van der Waals surface area contributed by atoms with Gasteiger partial charge in [-0.05, 0) is 36.1 Å². The fourth-order valence-corrected chi connectivity index (χ4v) is 5.67. The molecule has 3 heterocycles. The summed E-state index contributed by atoms with van der Waals surface area (Å²) in [5, 5.41) is 13.2. The van der Waals surface area contributed by atoms with Crippen molar-refractivity contribution in [3.8, 4) is 22.9 Å². The van der Waals surface area contributed by atoms with Gasteiger partial charge in [0.2, 0.25) is 0 Å². The fourth-order valence-electron chi connectivity index (χ4n) is 4.66. The van der Waals surface area contributed by atoms with Gasteiger partial charge in [0, 0.05) is 18.0 Å². The summed E-state index contributed by atoms with van der Waals surface area (Å²) in [6, 6.07) is 19.1. The first-order chi connectivity index (χ1) is 18.6. The zero-order valence-electron chi connectivity index (χ0n) is 21.9. The first kappa shape index (κ1) is 25.8. The van der Waals surface area contributed by atoms with E-state index < -0.39 is 5.91 Å². The lowest BCUT2D eigenvalue weighted by Gasteiger charge is -2.11. The van der Waals surface area contributed by atoms with Crippen LogP contribution in [0, 0.1) is 18.3 Å². The third kappa shape index (κ3) is 4.23. The van der Waals surface area contributed by atoms with Crippen molar-refractivity contribution in [3.63, 3.8) is 0 Å². The number of hydrogen-bond donors (Lipinski definition) is 3. The van der Waals surface area contributed by atoms with Gasteiger partial charge in [0.1, 0.15) is 32.8 Å². The molecule has 0 aliphatic rings. The molecule has 5 rings (SSSR count). The normalized spacial score (nSPS) is 11.2. The molecule has 0 radical (unpaired) electrons. The number of hydrogen-bond acceptors (Lipinski definition) is 7. The molecule has 0 aliphatic carbocycles. The van der Waals surface area contributed by atoms with Crippen LogP contribution in [-0.4, -0.2) is 20.3 Å². The quantitative estimate of drug-likeness (QED) is 0.282. The van der Waals surface area contributed by atoms with Crippen LogP contribution < -0.4 is 22.3 Å². The van der Waals surface area contributed by atoms with Crippen molar-refractivity contribution >= 4 is 44.7 Å². The first-order valence-electron chi connectivity index (χ1n) is 12.3. The molecule has 10 heteroatoms. The largest absolute Gasteiger partial charge is 0.397 e. The van der Waals surface area contributed by atoms with Gasteiger partial charge in [-0.1, -0.05) is 56.3 Å². The zero-order chi connectivity index (χ0) is 28.0. The van der Waals surface area contributed by atoms with Gasteiger partial charge in [-0.2, -0.15) is 5.26 Å². The molecule has 0 aliphatic heterocycles. The van der Waals surface area contributed by atoms with Gasteiger partial charge < -0.3 is 16.8 Å². The topological polar surface area (TPSA) is 145 Å². The number of fused-ring (bicyclic) bond motifs is 1. The van der Waals surface area contributed by atoms with Gasteiger partial charge in [-0.3, -0.25) is 14.3 Å². The highest BCUT2D eigenvalue weighted by atomic mass is 32.1. The van der Waals surface area contributed by atoms with Crippen LogP contribution in [-0.2, 0) is 7.05 Å². The van der Waals surface area contributed by atoms with Crippen molar-refractivity contribution in [1.82, 2.24) is 14.3 Å². The van der Waals surface area contributed by atoms with E-state index in [2.05, 4.69) is 30.2 Å². The predicted octanol–water partition coefficient (Wildman–Crippen LogP) is 5.17. The van der Waals surface area contributed by atoms with Crippen molar-refractivity contribution in [1.29, 1.82) is 5.26 Å². The van der Waals surface area contributed by atoms with Gasteiger partial charge in [-0.15, -0.1) is 11.3 Å². The summed E-state index contributed by atoms with van der Waals surface area (Å²) in [7, 11) is 1.75. The van der Waals surface area contributed by atoms with Crippen molar-refractivity contribution in [2.75, 3.05) is 16.8 Å². The fraction of sp³-hybridized carbons (Fsp3) is 0.172. The average molecular weight is 538 g/mol. The standard InChI is InChI=1S/C29H27N7O2S/c1-15(2)17-10-12-18(13-11-17)21-20(14-30)26(32)34-28-22(21)23(31)25(39-28)27(37)33-24-16(3)35(4)36(29(24)38)19-8-6-5-7-9-19/h5-13,15H,31H2,1-4H3,(H2,32,34)(H,33,37). The van der Waals surface area contributed by atoms with Crippen molar-refractivity contribution < 1.29 is 4.79 Å². The second kappa shape index (κ2) is 9.78. The smallest absolute Gasteiger partial charge is 0.295 e. The summed E-state index contributed by atoms with van der Waals surface area (Å²) in [5.74, 6) is -0.142. The minimum atomic E-state index is -0.542. The molecule has 9 nitrogen and oxygen atoms in total. The summed E-state index contributed by atoms with van der Waals surface area (Å²) in [6.07, 6.45) is 0. The minimum Gasteiger partial charge on any atom is -0.397 e. The Morgan fingerprint density at radius 1 is 1.10 bits per heavy atom. The third-order valence-electron chi connectivity index (χ3n) is 6.88. The van der Waals surface area contributed by atoms with E-state index in [1.54, 1.807) is 18.7 Å². The molecule has 3 aromatic heterocycles. The first-order valence-corrected chi connectivity index (χ1v) is 13.1. The molecule has 0 atom stereocenters. The van der Waals surface area contributed by atoms with Crippen LogP contribution in [0.25, 0.3) is 27.0 Å². The molecule has 0 saturated carbocycles. The number of thiophene rings is 1. The number of nitriles is 1. The van der Waals surface area contributed by atoms with Crippen LogP contribution in [0.5, 0.6) is 0 Å². The maximum atomic E-state index is 13.5. The van der Waals surface area contributed by atoms with Crippen LogP contribution in [0.3, 0.4) is 0 Å². The predicted molar refractivity (Wildman–Crippen MR) is 156 cm³/mol. The molecule has 39 heavy (non-hydrogen) atoms. The molecular weight excluding hydrogens is 510 g/mol. The average Bonchev–Trinajstić information content (AvgIpc) is 3.36. The van der Waals surface area contributed by atoms with Gasteiger partial charge in [0.25, 0.3) is 11.5 Å². The van der Waals surface area contributed by atoms with Crippen molar-refractivity contribution in [2.45, 2.75) is 26.7 Å². The van der Waals surface area contributed by atoms with E-state index in [0.29, 0.717) is 33.1 Å². The summed E-state index contributed by atoms with van der Waals surface area (Å²) < 4.78 is 3.17. The van der Waals surface area contributed by atoms with Crippen LogP contribution in [0.2, 0.25) is 0 Å². The van der Waals surface area contributed by atoms with Crippen molar-refractivity contribution in [2.24, 2.45) is 7.05 Å².